The van der Waals surface area contributed by atoms with E-state index >= 15 is 0 Å². The van der Waals surface area contributed by atoms with E-state index in [0.717, 1.165) is 40.4 Å². The second-order valence-corrected chi connectivity index (χ2v) is 5.16. The first-order chi connectivity index (χ1) is 10.1. The summed E-state index contributed by atoms with van der Waals surface area (Å²) in [4.78, 5) is 4.25. The Labute approximate surface area is 125 Å². The van der Waals surface area contributed by atoms with Gasteiger partial charge in [-0.1, -0.05) is 6.92 Å². The van der Waals surface area contributed by atoms with Gasteiger partial charge in [0, 0.05) is 11.8 Å². The highest BCUT2D eigenvalue weighted by molar-refractivity contribution is 5.41. The molecule has 2 aromatic rings. The van der Waals surface area contributed by atoms with Crippen LogP contribution in [0.3, 0.4) is 0 Å². The van der Waals surface area contributed by atoms with E-state index in [1.165, 1.54) is 0 Å². The van der Waals surface area contributed by atoms with Crippen LogP contribution in [0, 0.1) is 20.8 Å². The number of hydrogen-bond acceptors (Lipinski definition) is 5. The second-order valence-electron chi connectivity index (χ2n) is 5.16. The lowest BCUT2D eigenvalue weighted by atomic mass is 9.97. The van der Waals surface area contributed by atoms with E-state index in [1.807, 2.05) is 26.8 Å². The van der Waals surface area contributed by atoms with E-state index in [4.69, 9.17) is 15.0 Å². The zero-order valence-electron chi connectivity index (χ0n) is 13.1. The standard InChI is InChI=1S/C16H23N3O2/c1-5-6-20-14-7-13(8-18-9-14)16(19-17)15-10(2)11(3)21-12(15)4/h7-9,16,19H,5-6,17H2,1-4H3. The summed E-state index contributed by atoms with van der Waals surface area (Å²) >= 11 is 0. The van der Waals surface area contributed by atoms with Gasteiger partial charge in [-0.3, -0.25) is 10.8 Å². The molecule has 3 N–H and O–H groups in total. The zero-order chi connectivity index (χ0) is 15.4. The van der Waals surface area contributed by atoms with Crippen molar-refractivity contribution < 1.29 is 9.15 Å². The van der Waals surface area contributed by atoms with Gasteiger partial charge in [0.1, 0.15) is 17.3 Å². The Kier molecular flexibility index (Phi) is 4.98. The third-order valence-electron chi connectivity index (χ3n) is 3.61. The van der Waals surface area contributed by atoms with Crippen LogP contribution in [0.25, 0.3) is 0 Å². The van der Waals surface area contributed by atoms with Gasteiger partial charge in [-0.05, 0) is 44.4 Å². The molecule has 0 aliphatic carbocycles. The van der Waals surface area contributed by atoms with E-state index in [0.29, 0.717) is 6.61 Å². The van der Waals surface area contributed by atoms with Crippen molar-refractivity contribution in [3.8, 4) is 5.75 Å². The molecular formula is C16H23N3O2. The minimum Gasteiger partial charge on any atom is -0.492 e. The Hall–Kier alpha value is -1.85. The Morgan fingerprint density at radius 1 is 1.29 bits per heavy atom. The van der Waals surface area contributed by atoms with Gasteiger partial charge in [-0.2, -0.15) is 0 Å². The van der Waals surface area contributed by atoms with Crippen molar-refractivity contribution in [2.45, 2.75) is 40.2 Å². The fourth-order valence-corrected chi connectivity index (χ4v) is 2.47. The summed E-state index contributed by atoms with van der Waals surface area (Å²) in [6.45, 7) is 8.69. The van der Waals surface area contributed by atoms with Crippen molar-refractivity contribution in [2.75, 3.05) is 6.61 Å². The van der Waals surface area contributed by atoms with Gasteiger partial charge in [0.2, 0.25) is 0 Å². The van der Waals surface area contributed by atoms with E-state index in [-0.39, 0.29) is 6.04 Å². The van der Waals surface area contributed by atoms with E-state index < -0.39 is 0 Å². The molecule has 0 radical (unpaired) electrons. The molecule has 2 aromatic heterocycles. The van der Waals surface area contributed by atoms with Gasteiger partial charge >= 0.3 is 0 Å². The van der Waals surface area contributed by atoms with Gasteiger partial charge < -0.3 is 9.15 Å². The molecule has 0 spiro atoms. The molecule has 0 aliphatic rings. The molecule has 0 aliphatic heterocycles. The van der Waals surface area contributed by atoms with Crippen LogP contribution in [0.2, 0.25) is 0 Å². The van der Waals surface area contributed by atoms with E-state index in [9.17, 15) is 0 Å². The van der Waals surface area contributed by atoms with Gasteiger partial charge in [0.25, 0.3) is 0 Å². The molecule has 0 bridgehead atoms. The fraction of sp³-hybridized carbons (Fsp3) is 0.438. The maximum absolute atomic E-state index is 5.77. The molecule has 1 unspecified atom stereocenters. The first-order valence-corrected chi connectivity index (χ1v) is 7.18. The first kappa shape index (κ1) is 15.5. The highest BCUT2D eigenvalue weighted by Gasteiger charge is 2.22. The third-order valence-corrected chi connectivity index (χ3v) is 3.61. The Balaban J connectivity index is 2.37. The highest BCUT2D eigenvalue weighted by atomic mass is 16.5. The molecule has 0 saturated heterocycles. The summed E-state index contributed by atoms with van der Waals surface area (Å²) < 4.78 is 11.3. The van der Waals surface area contributed by atoms with Crippen molar-refractivity contribution in [1.82, 2.24) is 10.4 Å². The van der Waals surface area contributed by atoms with Crippen molar-refractivity contribution in [3.63, 3.8) is 0 Å². The van der Waals surface area contributed by atoms with Crippen molar-refractivity contribution in [3.05, 3.63) is 46.7 Å². The molecule has 2 rings (SSSR count). The summed E-state index contributed by atoms with van der Waals surface area (Å²) in [5, 5.41) is 0. The summed E-state index contributed by atoms with van der Waals surface area (Å²) in [5.74, 6) is 8.31. The van der Waals surface area contributed by atoms with Crippen LogP contribution in [0.1, 0.15) is 47.6 Å². The number of aromatic nitrogens is 1. The van der Waals surface area contributed by atoms with Crippen LogP contribution in [0.4, 0.5) is 0 Å². The number of nitrogens with one attached hydrogen (secondary N) is 1. The predicted octanol–water partition coefficient (Wildman–Crippen LogP) is 2.94. The molecule has 21 heavy (non-hydrogen) atoms. The quantitative estimate of drug-likeness (QED) is 0.632. The van der Waals surface area contributed by atoms with Crippen molar-refractivity contribution >= 4 is 0 Å². The van der Waals surface area contributed by atoms with Crippen LogP contribution in [0.15, 0.2) is 22.9 Å². The number of nitrogens with zero attached hydrogens (tertiary/aromatic N) is 1. The van der Waals surface area contributed by atoms with Crippen molar-refractivity contribution in [1.29, 1.82) is 0 Å². The van der Waals surface area contributed by atoms with Gasteiger partial charge in [0.15, 0.2) is 0 Å². The average Bonchev–Trinajstić information content (AvgIpc) is 2.73. The number of hydrogen-bond donors (Lipinski definition) is 2. The SMILES string of the molecule is CCCOc1cncc(C(NN)c2c(C)oc(C)c2C)c1. The number of hydrazine groups is 1. The third kappa shape index (κ3) is 3.25. The second kappa shape index (κ2) is 6.74. The van der Waals surface area contributed by atoms with Crippen LogP contribution < -0.4 is 16.0 Å². The summed E-state index contributed by atoms with van der Waals surface area (Å²) in [5.41, 5.74) is 5.98. The van der Waals surface area contributed by atoms with E-state index in [2.05, 4.69) is 17.3 Å². The highest BCUT2D eigenvalue weighted by Crippen LogP contribution is 2.31. The maximum Gasteiger partial charge on any atom is 0.137 e. The van der Waals surface area contributed by atoms with Crippen LogP contribution in [-0.4, -0.2) is 11.6 Å². The Morgan fingerprint density at radius 2 is 2.05 bits per heavy atom. The molecular weight excluding hydrogens is 266 g/mol. The zero-order valence-corrected chi connectivity index (χ0v) is 13.1. The molecule has 5 heteroatoms. The minimum atomic E-state index is -0.167. The average molecular weight is 289 g/mol. The minimum absolute atomic E-state index is 0.167. The van der Waals surface area contributed by atoms with Gasteiger partial charge in [-0.25, -0.2) is 5.43 Å². The molecule has 2 heterocycles. The lowest BCUT2D eigenvalue weighted by Crippen LogP contribution is -2.29. The molecule has 5 nitrogen and oxygen atoms in total. The maximum atomic E-state index is 5.77. The Bertz CT molecular complexity index is 608. The topological polar surface area (TPSA) is 73.3 Å². The molecule has 114 valence electrons. The van der Waals surface area contributed by atoms with Crippen LogP contribution in [-0.2, 0) is 0 Å². The predicted molar refractivity (Wildman–Crippen MR) is 82.1 cm³/mol. The Morgan fingerprint density at radius 3 is 2.62 bits per heavy atom. The van der Waals surface area contributed by atoms with Gasteiger partial charge in [-0.15, -0.1) is 0 Å². The lowest BCUT2D eigenvalue weighted by molar-refractivity contribution is 0.315. The van der Waals surface area contributed by atoms with Crippen LogP contribution in [0.5, 0.6) is 5.75 Å². The fourth-order valence-electron chi connectivity index (χ4n) is 2.47. The number of nitrogens with two attached hydrogens (primary N) is 1. The summed E-state index contributed by atoms with van der Waals surface area (Å²) in [6.07, 6.45) is 4.47. The van der Waals surface area contributed by atoms with Crippen molar-refractivity contribution in [2.24, 2.45) is 5.84 Å². The molecule has 0 aromatic carbocycles. The summed E-state index contributed by atoms with van der Waals surface area (Å²) in [6, 6.07) is 1.80. The van der Waals surface area contributed by atoms with Crippen LogP contribution >= 0.6 is 0 Å². The molecule has 0 fully saturated rings. The lowest BCUT2D eigenvalue weighted by Gasteiger charge is -2.17. The monoisotopic (exact) mass is 289 g/mol. The largest absolute Gasteiger partial charge is 0.492 e. The van der Waals surface area contributed by atoms with Gasteiger partial charge in [0.05, 0.1) is 18.8 Å². The normalized spacial score (nSPS) is 12.4. The number of rotatable bonds is 6. The van der Waals surface area contributed by atoms with E-state index in [1.54, 1.807) is 12.4 Å². The summed E-state index contributed by atoms with van der Waals surface area (Å²) in [7, 11) is 0. The molecule has 0 saturated carbocycles. The number of furan rings is 1. The molecule has 1 atom stereocenters. The number of aryl methyl sites for hydroxylation is 2. The first-order valence-electron chi connectivity index (χ1n) is 7.18. The molecule has 0 amide bonds. The number of ether oxygens (including phenoxy) is 1. The smallest absolute Gasteiger partial charge is 0.137 e. The number of pyridine rings is 1.